The lowest BCUT2D eigenvalue weighted by Crippen LogP contribution is -2.63. The van der Waals surface area contributed by atoms with Crippen molar-refractivity contribution >= 4 is 0 Å². The third kappa shape index (κ3) is 10.4. The molecule has 5 heterocycles. The Balaban J connectivity index is 0.000000455. The molecule has 0 aromatic carbocycles. The first-order chi connectivity index (χ1) is 31.0. The number of ether oxygens (including phenoxy) is 3. The van der Waals surface area contributed by atoms with E-state index < -0.39 is 104 Å². The van der Waals surface area contributed by atoms with Crippen molar-refractivity contribution in [1.29, 1.82) is 0 Å². The van der Waals surface area contributed by atoms with Crippen molar-refractivity contribution < 1.29 is 29.5 Å². The second kappa shape index (κ2) is 21.3. The van der Waals surface area contributed by atoms with Crippen LogP contribution in [0.5, 0.6) is 0 Å². The number of nitrogens with zero attached hydrogens (tertiary/aromatic N) is 6. The Morgan fingerprint density at radius 3 is 0.710 bits per heavy atom. The van der Waals surface area contributed by atoms with Crippen molar-refractivity contribution in [1.82, 2.24) is 27.4 Å². The van der Waals surface area contributed by atoms with Crippen LogP contribution in [0.15, 0.2) is 28.8 Å². The lowest BCUT2D eigenvalue weighted by Gasteiger charge is -2.40. The third-order valence-electron chi connectivity index (χ3n) is 18.2. The van der Waals surface area contributed by atoms with Gasteiger partial charge in [-0.25, -0.2) is 56.2 Å². The number of epoxide rings is 3. The van der Waals surface area contributed by atoms with E-state index in [0.717, 1.165) is 13.7 Å². The minimum absolute atomic E-state index is 0. The first kappa shape index (κ1) is 61.7. The van der Waals surface area contributed by atoms with Gasteiger partial charge in [-0.05, 0) is 122 Å². The second-order valence-electron chi connectivity index (χ2n) is 21.4. The van der Waals surface area contributed by atoms with E-state index >= 15 is 0 Å². The third-order valence-corrected chi connectivity index (χ3v) is 18.2. The molecule has 69 heavy (non-hydrogen) atoms. The molecule has 3 fully saturated rings. The summed E-state index contributed by atoms with van der Waals surface area (Å²) < 4.78 is 23.4. The summed E-state index contributed by atoms with van der Waals surface area (Å²) in [6, 6.07) is -4.56. The molecule has 3 aliphatic heterocycles. The van der Waals surface area contributed by atoms with Crippen molar-refractivity contribution in [2.75, 3.05) is 0 Å². The molecular weight excluding hydrogens is 889 g/mol. The van der Waals surface area contributed by atoms with E-state index in [4.69, 9.17) is 14.2 Å². The summed E-state index contributed by atoms with van der Waals surface area (Å²) in [6.07, 6.45) is 1.57. The van der Waals surface area contributed by atoms with Crippen LogP contribution in [-0.2, 0) is 14.2 Å². The topological polar surface area (TPSA) is 230 Å². The predicted octanol–water partition coefficient (Wildman–Crippen LogP) is 6.30. The van der Waals surface area contributed by atoms with E-state index in [2.05, 4.69) is 0 Å². The summed E-state index contributed by atoms with van der Waals surface area (Å²) >= 11 is 0. The lowest BCUT2D eigenvalue weighted by atomic mass is 9.82. The Bertz CT molecular complexity index is 2150. The van der Waals surface area contributed by atoms with E-state index in [1.54, 1.807) is 62.3 Å². The summed E-state index contributed by atoms with van der Waals surface area (Å²) in [5.41, 5.74) is -10.8. The molecule has 0 aliphatic carbocycles. The highest BCUT2D eigenvalue weighted by Gasteiger charge is 2.59. The molecule has 3 aliphatic rings. The maximum absolute atomic E-state index is 13.9. The summed E-state index contributed by atoms with van der Waals surface area (Å²) in [5, 5.41) is 34.1. The second-order valence-corrected chi connectivity index (χ2v) is 21.4. The van der Waals surface area contributed by atoms with Crippen molar-refractivity contribution in [2.45, 2.75) is 274 Å². The molecular formula is C51H94N6O12. The first-order valence-corrected chi connectivity index (χ1v) is 25.2. The molecule has 5 rings (SSSR count). The number of rotatable bonds is 18. The van der Waals surface area contributed by atoms with Gasteiger partial charge in [-0.15, -0.1) is 0 Å². The van der Waals surface area contributed by atoms with Crippen LogP contribution in [0, 0.1) is 17.8 Å². The molecule has 3 N–H and O–H groups in total. The summed E-state index contributed by atoms with van der Waals surface area (Å²) in [6.45, 7) is 41.4. The summed E-state index contributed by atoms with van der Waals surface area (Å²) in [7, 11) is 0. The highest BCUT2D eigenvalue weighted by molar-refractivity contribution is 5.09. The summed E-state index contributed by atoms with van der Waals surface area (Å²) in [5.74, 6) is -0.767. The quantitative estimate of drug-likeness (QED) is 0.140. The number of hydrogen-bond acceptors (Lipinski definition) is 12. The van der Waals surface area contributed by atoms with Crippen molar-refractivity contribution in [3.63, 3.8) is 0 Å². The van der Waals surface area contributed by atoms with E-state index in [-0.39, 0.29) is 43.5 Å². The predicted molar refractivity (Wildman–Crippen MR) is 272 cm³/mol. The Kier molecular flexibility index (Phi) is 19.1. The normalized spacial score (nSPS) is 30.3. The molecule has 0 bridgehead atoms. The number of aliphatic hydroxyl groups is 3. The van der Waals surface area contributed by atoms with Crippen LogP contribution in [0.3, 0.4) is 0 Å². The minimum atomic E-state index is -1.44. The maximum Gasteiger partial charge on any atom is 0.337 e. The molecule has 18 nitrogen and oxygen atoms in total. The average molecular weight is 983 g/mol. The number of aromatic nitrogens is 6. The molecule has 0 spiro atoms. The summed E-state index contributed by atoms with van der Waals surface area (Å²) in [4.78, 5) is 82.1. The molecule has 2 aromatic heterocycles. The van der Waals surface area contributed by atoms with Crippen LogP contribution >= 0.6 is 0 Å². The van der Waals surface area contributed by atoms with Crippen molar-refractivity contribution in [2.24, 2.45) is 17.8 Å². The smallest absolute Gasteiger partial charge is 0.337 e. The molecule has 18 atom stereocenters. The molecule has 0 radical (unpaired) electrons. The van der Waals surface area contributed by atoms with Crippen LogP contribution in [-0.4, -0.2) is 94.6 Å². The largest absolute Gasteiger partial charge is 0.388 e. The van der Waals surface area contributed by atoms with Gasteiger partial charge in [0, 0.05) is 0 Å². The molecule has 0 saturated carbocycles. The van der Waals surface area contributed by atoms with Gasteiger partial charge < -0.3 is 29.5 Å². The zero-order valence-electron chi connectivity index (χ0n) is 45.7. The minimum Gasteiger partial charge on any atom is -0.388 e. The Hall–Kier alpha value is -3.42. The lowest BCUT2D eigenvalue weighted by molar-refractivity contribution is -0.0566. The monoisotopic (exact) mass is 983 g/mol. The van der Waals surface area contributed by atoms with Crippen LogP contribution in [0.25, 0.3) is 0 Å². The van der Waals surface area contributed by atoms with Crippen LogP contribution < -0.4 is 34.1 Å². The van der Waals surface area contributed by atoms with E-state index in [1.807, 2.05) is 96.9 Å². The zero-order chi connectivity index (χ0) is 53.1. The van der Waals surface area contributed by atoms with Crippen LogP contribution in [0.1, 0.15) is 222 Å². The fourth-order valence-electron chi connectivity index (χ4n) is 9.56. The Morgan fingerprint density at radius 1 is 0.435 bits per heavy atom. The van der Waals surface area contributed by atoms with E-state index in [9.17, 15) is 44.1 Å². The van der Waals surface area contributed by atoms with Gasteiger partial charge in [0.15, 0.2) is 0 Å². The Labute approximate surface area is 410 Å². The standard InChI is InChI=1S/C27H51N3O6.C21H33N3O6.C2H6.CH4/c1-13-16(4)25(10,34)19(7)28-22(31)29(20(8)26(11,35)17(5)14-2)24(33)30(23(28)32)21(9)27(12,36)18(6)15-3;1-10(19(7)13(4)28-19)22-16(25)23(11(2)20(8)14(5)29-20)18(27)24(17(22)26)12(3)21(9)15(6)30-21;1-2;/h16-21,34-36H,13-15H2,1-12H3;10-15H,1-9H3;1-2H3;1H4. The molecule has 18 heteroatoms. The van der Waals surface area contributed by atoms with Gasteiger partial charge >= 0.3 is 34.1 Å². The molecule has 18 unspecified atom stereocenters. The first-order valence-electron chi connectivity index (χ1n) is 25.2. The SMILES string of the molecule is C.CC.CC1OC1(C)C(C)n1c(=O)n(C(C)C2(C)OC2C)c(=O)n(C(C)C2(C)OC2C)c1=O.CCC(C)C(C)(O)C(C)n1c(=O)n(C(C)C(C)(O)C(C)CC)c(=O)n(C(C)C(C)(O)C(C)CC)c1=O. The van der Waals surface area contributed by atoms with Gasteiger partial charge in [0.2, 0.25) is 0 Å². The number of hydrogen-bond donors (Lipinski definition) is 3. The maximum atomic E-state index is 13.9. The van der Waals surface area contributed by atoms with Gasteiger partial charge in [0.05, 0.1) is 71.4 Å². The van der Waals surface area contributed by atoms with Crippen molar-refractivity contribution in [3.05, 3.63) is 62.9 Å². The van der Waals surface area contributed by atoms with Gasteiger partial charge in [0.25, 0.3) is 0 Å². The Morgan fingerprint density at radius 2 is 0.580 bits per heavy atom. The van der Waals surface area contributed by atoms with Gasteiger partial charge in [-0.2, -0.15) is 0 Å². The van der Waals surface area contributed by atoms with Gasteiger partial charge in [-0.3, -0.25) is 0 Å². The average Bonchev–Trinajstić information content (AvgIpc) is 4.22. The van der Waals surface area contributed by atoms with Gasteiger partial charge in [0.1, 0.15) is 16.8 Å². The van der Waals surface area contributed by atoms with Crippen LogP contribution in [0.4, 0.5) is 0 Å². The van der Waals surface area contributed by atoms with E-state index in [0.29, 0.717) is 19.3 Å². The molecule has 0 amide bonds. The van der Waals surface area contributed by atoms with Crippen molar-refractivity contribution in [3.8, 4) is 0 Å². The fourth-order valence-corrected chi connectivity index (χ4v) is 9.56. The van der Waals surface area contributed by atoms with Gasteiger partial charge in [-0.1, -0.05) is 82.1 Å². The molecule has 3 saturated heterocycles. The zero-order valence-corrected chi connectivity index (χ0v) is 45.7. The van der Waals surface area contributed by atoms with E-state index in [1.165, 1.54) is 13.7 Å². The molecule has 2 aromatic rings. The fraction of sp³-hybridized carbons (Fsp3) is 0.882. The highest BCUT2D eigenvalue weighted by atomic mass is 16.6. The van der Waals surface area contributed by atoms with Crippen LogP contribution in [0.2, 0.25) is 0 Å². The highest BCUT2D eigenvalue weighted by Crippen LogP contribution is 2.47. The molecule has 400 valence electrons.